The Bertz CT molecular complexity index is 1770. The summed E-state index contributed by atoms with van der Waals surface area (Å²) in [5, 5.41) is 0.504. The third-order valence-electron chi connectivity index (χ3n) is 5.68. The third kappa shape index (κ3) is 4.60. The molecule has 3 aromatic carbocycles. The van der Waals surface area contributed by atoms with E-state index in [-0.39, 0.29) is 34.0 Å². The summed E-state index contributed by atoms with van der Waals surface area (Å²) in [4.78, 5) is 25.9. The van der Waals surface area contributed by atoms with Gasteiger partial charge in [-0.05, 0) is 54.1 Å². The Hall–Kier alpha value is -4.25. The van der Waals surface area contributed by atoms with Gasteiger partial charge in [-0.2, -0.15) is 13.2 Å². The maximum absolute atomic E-state index is 14.0. The Morgan fingerprint density at radius 3 is 2.34 bits per heavy atom. The SMILES string of the molecule is COc1ccc(-c2c(C(F)(F)F)oc3cc(OC(=O)c4cc5cc(Br)ccc5o4)ccc3c2=O)cc1OC. The molecule has 0 radical (unpaired) electrons. The number of carbonyl (C=O) groups is 1. The minimum Gasteiger partial charge on any atom is -0.493 e. The molecule has 7 nitrogen and oxygen atoms in total. The van der Waals surface area contributed by atoms with E-state index in [4.69, 9.17) is 23.0 Å². The van der Waals surface area contributed by atoms with Gasteiger partial charge in [-0.3, -0.25) is 4.79 Å². The van der Waals surface area contributed by atoms with Crippen LogP contribution in [0.5, 0.6) is 17.2 Å². The first-order valence-electron chi connectivity index (χ1n) is 10.9. The molecule has 0 aliphatic heterocycles. The molecule has 2 heterocycles. The van der Waals surface area contributed by atoms with Gasteiger partial charge >= 0.3 is 12.1 Å². The largest absolute Gasteiger partial charge is 0.493 e. The Morgan fingerprint density at radius 2 is 1.63 bits per heavy atom. The molecule has 0 bridgehead atoms. The number of benzene rings is 3. The molecule has 0 spiro atoms. The van der Waals surface area contributed by atoms with Crippen LogP contribution < -0.4 is 19.6 Å². The number of hydrogen-bond acceptors (Lipinski definition) is 7. The van der Waals surface area contributed by atoms with E-state index in [0.29, 0.717) is 11.0 Å². The van der Waals surface area contributed by atoms with E-state index in [0.717, 1.165) is 10.5 Å². The number of methoxy groups -OCH3 is 2. The number of rotatable bonds is 5. The minimum atomic E-state index is -5.01. The molecule has 38 heavy (non-hydrogen) atoms. The van der Waals surface area contributed by atoms with Gasteiger partial charge in [0.2, 0.25) is 16.9 Å². The van der Waals surface area contributed by atoms with Crippen molar-refractivity contribution in [3.8, 4) is 28.4 Å². The number of furan rings is 1. The molecule has 11 heteroatoms. The second-order valence-electron chi connectivity index (χ2n) is 8.04. The standard InChI is InChI=1S/C27H16BrF3O7/c1-34-19-7-3-13(10-21(19)35-2)23-24(32)17-6-5-16(12-20(17)38-25(23)27(29,30)31)36-26(33)22-11-14-9-15(28)4-8-18(14)37-22/h3-12H,1-2H3. The van der Waals surface area contributed by atoms with Crippen LogP contribution in [0.2, 0.25) is 0 Å². The van der Waals surface area contributed by atoms with Gasteiger partial charge < -0.3 is 23.0 Å². The fraction of sp³-hybridized carbons (Fsp3) is 0.111. The summed E-state index contributed by atoms with van der Waals surface area (Å²) in [5.41, 5.74) is -1.65. The van der Waals surface area contributed by atoms with Crippen LogP contribution >= 0.6 is 15.9 Å². The first kappa shape index (κ1) is 25.4. The van der Waals surface area contributed by atoms with Crippen LogP contribution in [0.3, 0.4) is 0 Å². The highest BCUT2D eigenvalue weighted by molar-refractivity contribution is 9.10. The summed E-state index contributed by atoms with van der Waals surface area (Å²) in [7, 11) is 2.70. The molecular weight excluding hydrogens is 573 g/mol. The van der Waals surface area contributed by atoms with E-state index < -0.39 is 34.5 Å². The van der Waals surface area contributed by atoms with E-state index in [1.807, 2.05) is 0 Å². The number of ether oxygens (including phenoxy) is 3. The lowest BCUT2D eigenvalue weighted by atomic mass is 10.0. The smallest absolute Gasteiger partial charge is 0.450 e. The summed E-state index contributed by atoms with van der Waals surface area (Å²) >= 11 is 3.33. The molecule has 0 N–H and O–H groups in total. The molecule has 194 valence electrons. The predicted molar refractivity (Wildman–Crippen MR) is 135 cm³/mol. The molecule has 2 aromatic heterocycles. The number of fused-ring (bicyclic) bond motifs is 2. The highest BCUT2D eigenvalue weighted by Crippen LogP contribution is 2.40. The molecule has 0 unspecified atom stereocenters. The third-order valence-corrected chi connectivity index (χ3v) is 6.18. The van der Waals surface area contributed by atoms with Gasteiger partial charge in [-0.1, -0.05) is 22.0 Å². The number of hydrogen-bond donors (Lipinski definition) is 0. The van der Waals surface area contributed by atoms with E-state index >= 15 is 0 Å². The zero-order chi connectivity index (χ0) is 27.2. The van der Waals surface area contributed by atoms with E-state index in [2.05, 4.69) is 15.9 Å². The minimum absolute atomic E-state index is 0.0716. The fourth-order valence-electron chi connectivity index (χ4n) is 3.96. The average molecular weight is 589 g/mol. The van der Waals surface area contributed by atoms with Crippen molar-refractivity contribution in [2.24, 2.45) is 0 Å². The highest BCUT2D eigenvalue weighted by Gasteiger charge is 2.39. The summed E-state index contributed by atoms with van der Waals surface area (Å²) in [6, 6.07) is 14.1. The number of alkyl halides is 3. The second kappa shape index (κ2) is 9.56. The van der Waals surface area contributed by atoms with Crippen LogP contribution in [0.4, 0.5) is 13.2 Å². The summed E-state index contributed by atoms with van der Waals surface area (Å²) < 4.78 is 69.2. The highest BCUT2D eigenvalue weighted by atomic mass is 79.9. The lowest BCUT2D eigenvalue weighted by Crippen LogP contribution is -2.16. The summed E-state index contributed by atoms with van der Waals surface area (Å²) in [5.74, 6) is -2.22. The Labute approximate surface area is 220 Å². The maximum Gasteiger partial charge on any atom is 0.450 e. The first-order chi connectivity index (χ1) is 18.1. The van der Waals surface area contributed by atoms with Crippen molar-refractivity contribution >= 4 is 43.8 Å². The van der Waals surface area contributed by atoms with Crippen molar-refractivity contribution < 1.29 is 41.0 Å². The zero-order valence-electron chi connectivity index (χ0n) is 19.6. The molecule has 5 rings (SSSR count). The van der Waals surface area contributed by atoms with Crippen LogP contribution in [0, 0.1) is 0 Å². The molecule has 0 atom stereocenters. The molecule has 0 saturated heterocycles. The van der Waals surface area contributed by atoms with Crippen molar-refractivity contribution in [2.75, 3.05) is 14.2 Å². The zero-order valence-corrected chi connectivity index (χ0v) is 21.2. The maximum atomic E-state index is 14.0. The molecule has 0 aliphatic rings. The van der Waals surface area contributed by atoms with Crippen molar-refractivity contribution in [3.05, 3.63) is 86.9 Å². The molecule has 0 saturated carbocycles. The number of carbonyl (C=O) groups excluding carboxylic acids is 1. The van der Waals surface area contributed by atoms with Gasteiger partial charge in [0.15, 0.2) is 11.5 Å². The van der Waals surface area contributed by atoms with Crippen molar-refractivity contribution in [2.45, 2.75) is 6.18 Å². The van der Waals surface area contributed by atoms with Crippen molar-refractivity contribution in [3.63, 3.8) is 0 Å². The predicted octanol–water partition coefficient (Wildman–Crippen LogP) is 7.22. The number of esters is 1. The molecular formula is C27H16BrF3O7. The van der Waals surface area contributed by atoms with Gasteiger partial charge in [0, 0.05) is 15.9 Å². The molecule has 5 aromatic rings. The Kier molecular flexibility index (Phi) is 6.39. The Morgan fingerprint density at radius 1 is 0.868 bits per heavy atom. The number of halogens is 4. The van der Waals surface area contributed by atoms with Crippen LogP contribution in [0.25, 0.3) is 33.1 Å². The van der Waals surface area contributed by atoms with Gasteiger partial charge in [0.05, 0.1) is 25.2 Å². The summed E-state index contributed by atoms with van der Waals surface area (Å²) in [6.07, 6.45) is -5.01. The average Bonchev–Trinajstić information content (AvgIpc) is 3.31. The Balaban J connectivity index is 1.57. The second-order valence-corrected chi connectivity index (χ2v) is 8.96. The lowest BCUT2D eigenvalue weighted by molar-refractivity contribution is -0.152. The monoisotopic (exact) mass is 588 g/mol. The first-order valence-corrected chi connectivity index (χ1v) is 11.7. The van der Waals surface area contributed by atoms with Crippen molar-refractivity contribution in [1.82, 2.24) is 0 Å². The molecule has 0 amide bonds. The van der Waals surface area contributed by atoms with E-state index in [1.54, 1.807) is 18.2 Å². The fourth-order valence-corrected chi connectivity index (χ4v) is 4.34. The van der Waals surface area contributed by atoms with Gasteiger partial charge in [0.25, 0.3) is 0 Å². The van der Waals surface area contributed by atoms with Gasteiger partial charge in [-0.15, -0.1) is 0 Å². The van der Waals surface area contributed by atoms with Gasteiger partial charge in [0.1, 0.15) is 16.9 Å². The molecule has 0 aliphatic carbocycles. The topological polar surface area (TPSA) is 88.1 Å². The van der Waals surface area contributed by atoms with E-state index in [1.165, 1.54) is 50.6 Å². The van der Waals surface area contributed by atoms with Crippen LogP contribution in [-0.2, 0) is 6.18 Å². The van der Waals surface area contributed by atoms with Crippen LogP contribution in [0.15, 0.2) is 78.8 Å². The quantitative estimate of drug-likeness (QED) is 0.158. The normalized spacial score (nSPS) is 11.6. The van der Waals surface area contributed by atoms with Crippen molar-refractivity contribution in [1.29, 1.82) is 0 Å². The van der Waals surface area contributed by atoms with Gasteiger partial charge in [-0.25, -0.2) is 4.79 Å². The summed E-state index contributed by atoms with van der Waals surface area (Å²) in [6.45, 7) is 0. The molecule has 0 fully saturated rings. The van der Waals surface area contributed by atoms with E-state index in [9.17, 15) is 22.8 Å². The van der Waals surface area contributed by atoms with Crippen LogP contribution in [-0.4, -0.2) is 20.2 Å². The lowest BCUT2D eigenvalue weighted by Gasteiger charge is -2.14. The van der Waals surface area contributed by atoms with Crippen LogP contribution in [0.1, 0.15) is 16.3 Å².